The van der Waals surface area contributed by atoms with E-state index in [1.165, 1.54) is 11.3 Å². The maximum atomic E-state index is 12.0. The van der Waals surface area contributed by atoms with E-state index in [4.69, 9.17) is 17.3 Å². The van der Waals surface area contributed by atoms with Crippen molar-refractivity contribution in [3.8, 4) is 10.4 Å². The number of nitrogens with one attached hydrogen (secondary N) is 1. The molecule has 1 aromatic heterocycles. The molecule has 1 amide bonds. The van der Waals surface area contributed by atoms with Gasteiger partial charge in [0.1, 0.15) is 0 Å². The van der Waals surface area contributed by atoms with Crippen molar-refractivity contribution in [2.24, 2.45) is 0 Å². The SMILES string of the molecule is CCCCNC(=O)c1cc(-c2ccc(Cl)cc2)sc1N. The summed E-state index contributed by atoms with van der Waals surface area (Å²) in [5.74, 6) is -0.104. The summed E-state index contributed by atoms with van der Waals surface area (Å²) in [6.45, 7) is 2.77. The summed E-state index contributed by atoms with van der Waals surface area (Å²) in [5, 5.41) is 4.12. The zero-order chi connectivity index (χ0) is 14.5. The lowest BCUT2D eigenvalue weighted by atomic mass is 10.1. The lowest BCUT2D eigenvalue weighted by molar-refractivity contribution is 0.0954. The van der Waals surface area contributed by atoms with Gasteiger partial charge in [-0.1, -0.05) is 37.1 Å². The van der Waals surface area contributed by atoms with Crippen LogP contribution in [0, 0.1) is 0 Å². The Morgan fingerprint density at radius 1 is 1.35 bits per heavy atom. The number of nitrogens with two attached hydrogens (primary N) is 1. The van der Waals surface area contributed by atoms with Gasteiger partial charge in [0, 0.05) is 16.4 Å². The monoisotopic (exact) mass is 308 g/mol. The molecule has 2 aromatic rings. The molecule has 0 aliphatic heterocycles. The summed E-state index contributed by atoms with van der Waals surface area (Å²) in [7, 11) is 0. The van der Waals surface area contributed by atoms with Crippen LogP contribution in [0.3, 0.4) is 0 Å². The van der Waals surface area contributed by atoms with Crippen LogP contribution < -0.4 is 11.1 Å². The molecule has 0 saturated heterocycles. The van der Waals surface area contributed by atoms with Crippen LogP contribution >= 0.6 is 22.9 Å². The first-order valence-electron chi connectivity index (χ1n) is 6.55. The average Bonchev–Trinajstić information content (AvgIpc) is 2.82. The number of benzene rings is 1. The van der Waals surface area contributed by atoms with Gasteiger partial charge in [-0.2, -0.15) is 0 Å². The predicted octanol–water partition coefficient (Wildman–Crippen LogP) is 4.18. The van der Waals surface area contributed by atoms with Gasteiger partial charge in [0.25, 0.3) is 5.91 Å². The van der Waals surface area contributed by atoms with Crippen LogP contribution in [0.15, 0.2) is 30.3 Å². The Kier molecular flexibility index (Phi) is 5.04. The maximum Gasteiger partial charge on any atom is 0.254 e. The number of anilines is 1. The van der Waals surface area contributed by atoms with E-state index >= 15 is 0 Å². The van der Waals surface area contributed by atoms with E-state index in [9.17, 15) is 4.79 Å². The summed E-state index contributed by atoms with van der Waals surface area (Å²) in [6.07, 6.45) is 2.02. The van der Waals surface area contributed by atoms with E-state index in [-0.39, 0.29) is 5.91 Å². The Morgan fingerprint density at radius 2 is 2.05 bits per heavy atom. The third-order valence-corrected chi connectivity index (χ3v) is 4.22. The van der Waals surface area contributed by atoms with E-state index in [0.717, 1.165) is 23.3 Å². The minimum Gasteiger partial charge on any atom is -0.390 e. The van der Waals surface area contributed by atoms with Gasteiger partial charge in [0.2, 0.25) is 0 Å². The van der Waals surface area contributed by atoms with Gasteiger partial charge < -0.3 is 11.1 Å². The Hall–Kier alpha value is -1.52. The molecule has 1 aromatic carbocycles. The summed E-state index contributed by atoms with van der Waals surface area (Å²) in [6, 6.07) is 9.34. The van der Waals surface area contributed by atoms with E-state index < -0.39 is 0 Å². The number of rotatable bonds is 5. The molecule has 0 bridgehead atoms. The lowest BCUT2D eigenvalue weighted by Crippen LogP contribution is -2.24. The second-order valence-electron chi connectivity index (χ2n) is 4.50. The molecular weight excluding hydrogens is 292 g/mol. The largest absolute Gasteiger partial charge is 0.390 e. The van der Waals surface area contributed by atoms with Crippen LogP contribution in [0.4, 0.5) is 5.00 Å². The molecule has 5 heteroatoms. The molecule has 20 heavy (non-hydrogen) atoms. The van der Waals surface area contributed by atoms with E-state index in [1.54, 1.807) is 0 Å². The smallest absolute Gasteiger partial charge is 0.254 e. The van der Waals surface area contributed by atoms with Crippen molar-refractivity contribution in [1.82, 2.24) is 5.32 Å². The molecule has 0 aliphatic rings. The van der Waals surface area contributed by atoms with E-state index in [0.29, 0.717) is 22.1 Å². The van der Waals surface area contributed by atoms with E-state index in [1.807, 2.05) is 30.3 Å². The number of carbonyl (C=O) groups excluding carboxylic acids is 1. The molecule has 0 atom stereocenters. The molecule has 0 saturated carbocycles. The van der Waals surface area contributed by atoms with Gasteiger partial charge in [0.15, 0.2) is 0 Å². The Balaban J connectivity index is 2.16. The zero-order valence-corrected chi connectivity index (χ0v) is 12.9. The van der Waals surface area contributed by atoms with Crippen molar-refractivity contribution >= 4 is 33.8 Å². The topological polar surface area (TPSA) is 55.1 Å². The highest BCUT2D eigenvalue weighted by molar-refractivity contribution is 7.19. The molecule has 1 heterocycles. The molecule has 0 spiro atoms. The first-order valence-corrected chi connectivity index (χ1v) is 7.74. The van der Waals surface area contributed by atoms with Crippen molar-refractivity contribution in [3.05, 3.63) is 40.9 Å². The standard InChI is InChI=1S/C15H17ClN2OS/c1-2-3-8-18-15(19)12-9-13(20-14(12)17)10-4-6-11(16)7-5-10/h4-7,9H,2-3,8,17H2,1H3,(H,18,19). The van der Waals surface area contributed by atoms with Crippen molar-refractivity contribution < 1.29 is 4.79 Å². The molecule has 0 aliphatic carbocycles. The normalized spacial score (nSPS) is 10.5. The highest BCUT2D eigenvalue weighted by Gasteiger charge is 2.14. The quantitative estimate of drug-likeness (QED) is 0.814. The lowest BCUT2D eigenvalue weighted by Gasteiger charge is -2.02. The van der Waals surface area contributed by atoms with Gasteiger partial charge in [-0.3, -0.25) is 4.79 Å². The fourth-order valence-electron chi connectivity index (χ4n) is 1.81. The first kappa shape index (κ1) is 14.9. The number of hydrogen-bond acceptors (Lipinski definition) is 3. The fourth-order valence-corrected chi connectivity index (χ4v) is 2.87. The third kappa shape index (κ3) is 3.52. The third-order valence-electron chi connectivity index (χ3n) is 2.95. The first-order chi connectivity index (χ1) is 9.61. The van der Waals surface area contributed by atoms with Crippen LogP contribution in [0.25, 0.3) is 10.4 Å². The molecule has 3 N–H and O–H groups in total. The highest BCUT2D eigenvalue weighted by atomic mass is 35.5. The van der Waals surface area contributed by atoms with Gasteiger partial charge in [-0.05, 0) is 30.2 Å². The van der Waals surface area contributed by atoms with E-state index in [2.05, 4.69) is 12.2 Å². The number of unbranched alkanes of at least 4 members (excludes halogenated alkanes) is 1. The van der Waals surface area contributed by atoms with Crippen LogP contribution in [-0.2, 0) is 0 Å². The number of halogens is 1. The van der Waals surface area contributed by atoms with Crippen molar-refractivity contribution in [2.45, 2.75) is 19.8 Å². The number of amides is 1. The minimum atomic E-state index is -0.104. The van der Waals surface area contributed by atoms with Crippen LogP contribution in [0.5, 0.6) is 0 Å². The molecule has 0 fully saturated rings. The van der Waals surface area contributed by atoms with Gasteiger partial charge in [-0.25, -0.2) is 0 Å². The van der Waals surface area contributed by atoms with Crippen LogP contribution in [0.2, 0.25) is 5.02 Å². The fraction of sp³-hybridized carbons (Fsp3) is 0.267. The average molecular weight is 309 g/mol. The van der Waals surface area contributed by atoms with Gasteiger partial charge >= 0.3 is 0 Å². The highest BCUT2D eigenvalue weighted by Crippen LogP contribution is 2.33. The second-order valence-corrected chi connectivity index (χ2v) is 6.03. The number of nitrogen functional groups attached to an aromatic ring is 1. The summed E-state index contributed by atoms with van der Waals surface area (Å²) in [4.78, 5) is 13.0. The Labute approximate surface area is 127 Å². The Morgan fingerprint density at radius 3 is 2.70 bits per heavy atom. The molecule has 0 radical (unpaired) electrons. The predicted molar refractivity (Wildman–Crippen MR) is 86.4 cm³/mol. The number of thiophene rings is 1. The number of hydrogen-bond donors (Lipinski definition) is 2. The summed E-state index contributed by atoms with van der Waals surface area (Å²) < 4.78 is 0. The Bertz CT molecular complexity index is 592. The molecule has 2 rings (SSSR count). The summed E-state index contributed by atoms with van der Waals surface area (Å²) in [5.41, 5.74) is 7.51. The van der Waals surface area contributed by atoms with Crippen LogP contribution in [-0.4, -0.2) is 12.5 Å². The molecular formula is C15H17ClN2OS. The van der Waals surface area contributed by atoms with Gasteiger partial charge in [-0.15, -0.1) is 11.3 Å². The molecule has 3 nitrogen and oxygen atoms in total. The molecule has 0 unspecified atom stereocenters. The van der Waals surface area contributed by atoms with Crippen molar-refractivity contribution in [3.63, 3.8) is 0 Å². The van der Waals surface area contributed by atoms with Crippen LogP contribution in [0.1, 0.15) is 30.1 Å². The number of carbonyl (C=O) groups is 1. The maximum absolute atomic E-state index is 12.0. The van der Waals surface area contributed by atoms with Gasteiger partial charge in [0.05, 0.1) is 10.6 Å². The zero-order valence-electron chi connectivity index (χ0n) is 11.3. The van der Waals surface area contributed by atoms with Crippen molar-refractivity contribution in [1.29, 1.82) is 0 Å². The van der Waals surface area contributed by atoms with Crippen molar-refractivity contribution in [2.75, 3.05) is 12.3 Å². The second kappa shape index (κ2) is 6.77. The molecule has 106 valence electrons. The minimum absolute atomic E-state index is 0.104. The summed E-state index contributed by atoms with van der Waals surface area (Å²) >= 11 is 7.29.